The number of rotatable bonds is 14. The second kappa shape index (κ2) is 13.9. The Bertz CT molecular complexity index is 541. The lowest BCUT2D eigenvalue weighted by Gasteiger charge is -2.14. The SMILES string of the molecule is O=C[C@H](Cc1ccccc1)NNC(=O)COCCOCC(=O)NCCO. The second-order valence-corrected chi connectivity index (χ2v) is 5.30. The molecule has 1 rings (SSSR count). The smallest absolute Gasteiger partial charge is 0.260 e. The molecule has 0 aliphatic heterocycles. The summed E-state index contributed by atoms with van der Waals surface area (Å²) in [5.74, 6) is -0.759. The van der Waals surface area contributed by atoms with Crippen molar-refractivity contribution in [3.05, 3.63) is 35.9 Å². The monoisotopic (exact) mass is 367 g/mol. The molecular formula is C17H25N3O6. The van der Waals surface area contributed by atoms with E-state index in [0.29, 0.717) is 6.42 Å². The number of hydrogen-bond donors (Lipinski definition) is 4. The van der Waals surface area contributed by atoms with Gasteiger partial charge in [0.2, 0.25) is 5.91 Å². The molecule has 2 amide bonds. The van der Waals surface area contributed by atoms with Gasteiger partial charge in [-0.3, -0.25) is 15.0 Å². The quantitative estimate of drug-likeness (QED) is 0.180. The number of carbonyl (C=O) groups excluding carboxylic acids is 3. The van der Waals surface area contributed by atoms with E-state index in [0.717, 1.165) is 11.8 Å². The molecule has 0 fully saturated rings. The Morgan fingerprint density at radius 3 is 2.35 bits per heavy atom. The minimum Gasteiger partial charge on any atom is -0.395 e. The molecule has 0 saturated carbocycles. The Balaban J connectivity index is 2.07. The van der Waals surface area contributed by atoms with Crippen molar-refractivity contribution >= 4 is 18.1 Å². The summed E-state index contributed by atoms with van der Waals surface area (Å²) in [6, 6.07) is 8.89. The van der Waals surface area contributed by atoms with Crippen molar-refractivity contribution in [2.75, 3.05) is 39.6 Å². The van der Waals surface area contributed by atoms with Crippen LogP contribution < -0.4 is 16.2 Å². The summed E-state index contributed by atoms with van der Waals surface area (Å²) in [5.41, 5.74) is 6.04. The number of ether oxygens (including phenoxy) is 2. The Hall–Kier alpha value is -2.33. The largest absolute Gasteiger partial charge is 0.395 e. The van der Waals surface area contributed by atoms with Crippen molar-refractivity contribution in [2.45, 2.75) is 12.5 Å². The van der Waals surface area contributed by atoms with Crippen LogP contribution in [-0.4, -0.2) is 68.8 Å². The van der Waals surface area contributed by atoms with Gasteiger partial charge in [0.05, 0.1) is 25.9 Å². The van der Waals surface area contributed by atoms with Crippen LogP contribution in [-0.2, 0) is 30.3 Å². The molecular weight excluding hydrogens is 342 g/mol. The molecule has 1 aromatic carbocycles. The molecule has 144 valence electrons. The van der Waals surface area contributed by atoms with E-state index >= 15 is 0 Å². The number of carbonyl (C=O) groups is 3. The van der Waals surface area contributed by atoms with Crippen molar-refractivity contribution in [2.24, 2.45) is 0 Å². The molecule has 0 saturated heterocycles. The van der Waals surface area contributed by atoms with Crippen LogP contribution in [0.1, 0.15) is 5.56 Å². The van der Waals surface area contributed by atoms with Gasteiger partial charge in [-0.25, -0.2) is 5.43 Å². The summed E-state index contributed by atoms with van der Waals surface area (Å²) in [7, 11) is 0. The maximum absolute atomic E-state index is 11.6. The van der Waals surface area contributed by atoms with Crippen molar-refractivity contribution in [1.82, 2.24) is 16.2 Å². The topological polar surface area (TPSA) is 126 Å². The van der Waals surface area contributed by atoms with Gasteiger partial charge in [0.25, 0.3) is 5.91 Å². The first-order valence-electron chi connectivity index (χ1n) is 8.22. The van der Waals surface area contributed by atoms with E-state index in [1.807, 2.05) is 30.3 Å². The third-order valence-corrected chi connectivity index (χ3v) is 3.13. The zero-order valence-electron chi connectivity index (χ0n) is 14.5. The van der Waals surface area contributed by atoms with Crippen LogP contribution in [0.2, 0.25) is 0 Å². The van der Waals surface area contributed by atoms with Gasteiger partial charge in [0.15, 0.2) is 0 Å². The lowest BCUT2D eigenvalue weighted by Crippen LogP contribution is -2.47. The van der Waals surface area contributed by atoms with Crippen molar-refractivity contribution in [1.29, 1.82) is 0 Å². The molecule has 0 heterocycles. The number of amides is 2. The average Bonchev–Trinajstić information content (AvgIpc) is 2.66. The first-order valence-corrected chi connectivity index (χ1v) is 8.22. The Labute approximate surface area is 152 Å². The fraction of sp³-hybridized carbons (Fsp3) is 0.471. The van der Waals surface area contributed by atoms with E-state index in [1.54, 1.807) is 0 Å². The number of hydrogen-bond acceptors (Lipinski definition) is 7. The number of nitrogens with one attached hydrogen (secondary N) is 3. The minimum absolute atomic E-state index is 0.131. The fourth-order valence-electron chi connectivity index (χ4n) is 1.90. The van der Waals surface area contributed by atoms with Crippen LogP contribution >= 0.6 is 0 Å². The summed E-state index contributed by atoms with van der Waals surface area (Å²) in [5, 5.41) is 11.0. The van der Waals surface area contributed by atoms with Crippen LogP contribution in [0.25, 0.3) is 0 Å². The molecule has 0 radical (unpaired) electrons. The molecule has 0 unspecified atom stereocenters. The maximum Gasteiger partial charge on any atom is 0.260 e. The van der Waals surface area contributed by atoms with E-state index in [4.69, 9.17) is 14.6 Å². The molecule has 26 heavy (non-hydrogen) atoms. The zero-order valence-corrected chi connectivity index (χ0v) is 14.5. The highest BCUT2D eigenvalue weighted by Gasteiger charge is 2.09. The molecule has 1 aromatic rings. The molecule has 0 spiro atoms. The van der Waals surface area contributed by atoms with Gasteiger partial charge in [-0.15, -0.1) is 0 Å². The van der Waals surface area contributed by atoms with E-state index in [1.165, 1.54) is 0 Å². The Morgan fingerprint density at radius 2 is 1.73 bits per heavy atom. The normalized spacial score (nSPS) is 11.6. The summed E-state index contributed by atoms with van der Waals surface area (Å²) in [6.07, 6.45) is 1.18. The predicted octanol–water partition coefficient (Wildman–Crippen LogP) is -1.44. The summed E-state index contributed by atoms with van der Waals surface area (Å²) in [4.78, 5) is 33.9. The molecule has 9 nitrogen and oxygen atoms in total. The van der Waals surface area contributed by atoms with Crippen LogP contribution in [0.5, 0.6) is 0 Å². The van der Waals surface area contributed by atoms with Crippen molar-refractivity contribution < 1.29 is 29.0 Å². The third-order valence-electron chi connectivity index (χ3n) is 3.13. The minimum atomic E-state index is -0.540. The van der Waals surface area contributed by atoms with Gasteiger partial charge >= 0.3 is 0 Å². The average molecular weight is 367 g/mol. The zero-order chi connectivity index (χ0) is 19.0. The fourth-order valence-corrected chi connectivity index (χ4v) is 1.90. The highest BCUT2D eigenvalue weighted by molar-refractivity contribution is 5.77. The van der Waals surface area contributed by atoms with Gasteiger partial charge in [-0.2, -0.15) is 0 Å². The van der Waals surface area contributed by atoms with E-state index in [9.17, 15) is 14.4 Å². The first-order chi connectivity index (χ1) is 12.7. The molecule has 0 aliphatic rings. The second-order valence-electron chi connectivity index (χ2n) is 5.30. The summed E-state index contributed by atoms with van der Waals surface area (Å²) in [6.45, 7) is -0.00608. The van der Waals surface area contributed by atoms with E-state index < -0.39 is 11.9 Å². The molecule has 0 aromatic heterocycles. The van der Waals surface area contributed by atoms with E-state index in [2.05, 4.69) is 16.2 Å². The lowest BCUT2D eigenvalue weighted by molar-refractivity contribution is -0.130. The number of aliphatic hydroxyl groups excluding tert-OH is 1. The highest BCUT2D eigenvalue weighted by atomic mass is 16.5. The Morgan fingerprint density at radius 1 is 1.08 bits per heavy atom. The first kappa shape index (κ1) is 21.7. The van der Waals surface area contributed by atoms with Gasteiger partial charge in [-0.05, 0) is 12.0 Å². The highest BCUT2D eigenvalue weighted by Crippen LogP contribution is 2.01. The van der Waals surface area contributed by atoms with Crippen LogP contribution in [0.4, 0.5) is 0 Å². The van der Waals surface area contributed by atoms with Crippen molar-refractivity contribution in [3.8, 4) is 0 Å². The summed E-state index contributed by atoms with van der Waals surface area (Å²) < 4.78 is 10.1. The molecule has 0 aliphatic carbocycles. The maximum atomic E-state index is 11.6. The van der Waals surface area contributed by atoms with Crippen molar-refractivity contribution in [3.63, 3.8) is 0 Å². The third kappa shape index (κ3) is 10.5. The number of aldehydes is 1. The van der Waals surface area contributed by atoms with Gasteiger partial charge in [-0.1, -0.05) is 30.3 Å². The molecule has 4 N–H and O–H groups in total. The standard InChI is InChI=1S/C17H25N3O6/c21-7-6-18-16(23)12-25-8-9-26-13-17(24)20-19-15(11-22)10-14-4-2-1-3-5-14/h1-5,11,15,19,21H,6-10,12-13H2,(H,18,23)(H,20,24)/t15-/m0/s1. The molecule has 0 bridgehead atoms. The predicted molar refractivity (Wildman–Crippen MR) is 93.0 cm³/mol. The number of aliphatic hydroxyl groups is 1. The van der Waals surface area contributed by atoms with E-state index in [-0.39, 0.29) is 45.5 Å². The van der Waals surface area contributed by atoms with Gasteiger partial charge in [0, 0.05) is 6.54 Å². The summed E-state index contributed by atoms with van der Waals surface area (Å²) >= 11 is 0. The number of benzene rings is 1. The molecule has 9 heteroatoms. The lowest BCUT2D eigenvalue weighted by atomic mass is 10.1. The Kier molecular flexibility index (Phi) is 11.6. The van der Waals surface area contributed by atoms with Crippen LogP contribution in [0.3, 0.4) is 0 Å². The van der Waals surface area contributed by atoms with Gasteiger partial charge < -0.3 is 24.7 Å². The van der Waals surface area contributed by atoms with Crippen LogP contribution in [0.15, 0.2) is 30.3 Å². The molecule has 1 atom stereocenters. The van der Waals surface area contributed by atoms with Gasteiger partial charge in [0.1, 0.15) is 19.5 Å². The number of hydrazine groups is 1. The van der Waals surface area contributed by atoms with Crippen LogP contribution in [0, 0.1) is 0 Å².